The number of hydrogen-bond donors (Lipinski definition) is 2. The molecule has 0 radical (unpaired) electrons. The molecule has 0 saturated heterocycles. The van der Waals surface area contributed by atoms with E-state index in [0.29, 0.717) is 0 Å². The fourth-order valence-electron chi connectivity index (χ4n) is 1.71. The number of nitrogens with zero attached hydrogens (tertiary/aromatic N) is 2. The average molecular weight is 310 g/mol. The van der Waals surface area contributed by atoms with Crippen LogP contribution in [0.15, 0.2) is 18.2 Å². The van der Waals surface area contributed by atoms with Crippen LogP contribution in [0.25, 0.3) is 0 Å². The summed E-state index contributed by atoms with van der Waals surface area (Å²) in [6, 6.07) is 5.52. The number of halogens is 1. The Morgan fingerprint density at radius 2 is 2.14 bits per heavy atom. The van der Waals surface area contributed by atoms with Gasteiger partial charge in [-0.25, -0.2) is 9.59 Å². The smallest absolute Gasteiger partial charge is 0.335 e. The van der Waals surface area contributed by atoms with E-state index in [4.69, 9.17) is 22.0 Å². The second-order valence-corrected chi connectivity index (χ2v) is 5.03. The van der Waals surface area contributed by atoms with Gasteiger partial charge in [0.2, 0.25) is 0 Å². The third kappa shape index (κ3) is 4.65. The van der Waals surface area contributed by atoms with Crippen molar-refractivity contribution in [2.45, 2.75) is 26.3 Å². The summed E-state index contributed by atoms with van der Waals surface area (Å²) in [4.78, 5) is 24.6. The molecule has 0 unspecified atom stereocenters. The number of carboxylic acid groups (broad SMARTS) is 1. The maximum Gasteiger partial charge on any atom is 0.335 e. The molecule has 1 rings (SSSR count). The van der Waals surface area contributed by atoms with Crippen LogP contribution in [-0.2, 0) is 0 Å². The van der Waals surface area contributed by atoms with Gasteiger partial charge in [-0.15, -0.1) is 0 Å². The molecule has 0 aliphatic carbocycles. The van der Waals surface area contributed by atoms with Crippen LogP contribution in [0, 0.1) is 11.3 Å². The Morgan fingerprint density at radius 3 is 2.67 bits per heavy atom. The molecule has 1 aromatic rings. The molecule has 0 aliphatic rings. The SMILES string of the molecule is CC(C)N(CCC#N)C(=O)Nc1cc(C(=O)O)ccc1Cl. The van der Waals surface area contributed by atoms with E-state index in [0.717, 1.165) is 0 Å². The van der Waals surface area contributed by atoms with E-state index in [1.54, 1.807) is 0 Å². The number of aromatic carboxylic acids is 1. The standard InChI is InChI=1S/C14H16ClN3O3/c1-9(2)18(7-3-6-16)14(21)17-12-8-10(13(19)20)4-5-11(12)15/h4-5,8-9H,3,7H2,1-2H3,(H,17,21)(H,19,20). The van der Waals surface area contributed by atoms with Crippen molar-refractivity contribution in [3.05, 3.63) is 28.8 Å². The highest BCUT2D eigenvalue weighted by Gasteiger charge is 2.18. The average Bonchev–Trinajstić information content (AvgIpc) is 2.41. The minimum atomic E-state index is -1.10. The number of carboxylic acids is 1. The summed E-state index contributed by atoms with van der Waals surface area (Å²) in [6.45, 7) is 3.94. The molecule has 0 atom stereocenters. The topological polar surface area (TPSA) is 93.4 Å². The maximum absolute atomic E-state index is 12.2. The molecular formula is C14H16ClN3O3. The van der Waals surface area contributed by atoms with E-state index in [-0.39, 0.29) is 35.3 Å². The molecule has 0 aliphatic heterocycles. The summed E-state index contributed by atoms with van der Waals surface area (Å²) in [6.07, 6.45) is 0.217. The highest BCUT2D eigenvalue weighted by atomic mass is 35.5. The van der Waals surface area contributed by atoms with Gasteiger partial charge in [-0.2, -0.15) is 5.26 Å². The van der Waals surface area contributed by atoms with Gasteiger partial charge in [0.25, 0.3) is 0 Å². The molecule has 0 saturated carbocycles. The van der Waals surface area contributed by atoms with Crippen LogP contribution in [-0.4, -0.2) is 34.6 Å². The van der Waals surface area contributed by atoms with E-state index >= 15 is 0 Å². The second-order valence-electron chi connectivity index (χ2n) is 4.63. The van der Waals surface area contributed by atoms with Gasteiger partial charge in [0.1, 0.15) is 0 Å². The molecule has 0 aromatic heterocycles. The largest absolute Gasteiger partial charge is 0.478 e. The molecule has 1 aromatic carbocycles. The number of benzene rings is 1. The van der Waals surface area contributed by atoms with Crippen LogP contribution < -0.4 is 5.32 Å². The van der Waals surface area contributed by atoms with E-state index < -0.39 is 12.0 Å². The van der Waals surface area contributed by atoms with Gasteiger partial charge in [0, 0.05) is 12.6 Å². The molecule has 2 amide bonds. The van der Waals surface area contributed by atoms with Gasteiger partial charge in [-0.3, -0.25) is 0 Å². The van der Waals surface area contributed by atoms with Crippen molar-refractivity contribution in [1.29, 1.82) is 5.26 Å². The number of hydrogen-bond acceptors (Lipinski definition) is 3. The van der Waals surface area contributed by atoms with Crippen molar-refractivity contribution >= 4 is 29.3 Å². The first-order valence-electron chi connectivity index (χ1n) is 6.34. The number of carbonyl (C=O) groups excluding carboxylic acids is 1. The fraction of sp³-hybridized carbons (Fsp3) is 0.357. The van der Waals surface area contributed by atoms with E-state index in [1.807, 2.05) is 19.9 Å². The quantitative estimate of drug-likeness (QED) is 0.873. The number of anilines is 1. The van der Waals surface area contributed by atoms with Crippen molar-refractivity contribution in [3.8, 4) is 6.07 Å². The lowest BCUT2D eigenvalue weighted by atomic mass is 10.2. The van der Waals surface area contributed by atoms with Crippen molar-refractivity contribution in [2.24, 2.45) is 0 Å². The summed E-state index contributed by atoms with van der Waals surface area (Å²) in [5.74, 6) is -1.10. The van der Waals surface area contributed by atoms with Crippen LogP contribution in [0.5, 0.6) is 0 Å². The summed E-state index contributed by atoms with van der Waals surface area (Å²) in [5, 5.41) is 20.4. The number of urea groups is 1. The van der Waals surface area contributed by atoms with Crippen molar-refractivity contribution in [1.82, 2.24) is 4.90 Å². The first-order chi connectivity index (χ1) is 9.86. The van der Waals surface area contributed by atoms with E-state index in [9.17, 15) is 9.59 Å². The minimum Gasteiger partial charge on any atom is -0.478 e. The predicted molar refractivity (Wildman–Crippen MR) is 79.5 cm³/mol. The Hall–Kier alpha value is -2.26. The van der Waals surface area contributed by atoms with Crippen LogP contribution in [0.2, 0.25) is 5.02 Å². The zero-order chi connectivity index (χ0) is 16.0. The van der Waals surface area contributed by atoms with Crippen molar-refractivity contribution in [2.75, 3.05) is 11.9 Å². The summed E-state index contributed by atoms with van der Waals surface area (Å²) >= 11 is 5.96. The maximum atomic E-state index is 12.2. The lowest BCUT2D eigenvalue weighted by molar-refractivity contribution is 0.0697. The number of nitriles is 1. The molecule has 0 spiro atoms. The molecule has 2 N–H and O–H groups in total. The molecular weight excluding hydrogens is 294 g/mol. The molecule has 112 valence electrons. The van der Waals surface area contributed by atoms with Crippen LogP contribution >= 0.6 is 11.6 Å². The van der Waals surface area contributed by atoms with Crippen molar-refractivity contribution < 1.29 is 14.7 Å². The van der Waals surface area contributed by atoms with Gasteiger partial charge >= 0.3 is 12.0 Å². The van der Waals surface area contributed by atoms with E-state index in [1.165, 1.54) is 23.1 Å². The summed E-state index contributed by atoms with van der Waals surface area (Å²) < 4.78 is 0. The summed E-state index contributed by atoms with van der Waals surface area (Å²) in [7, 11) is 0. The lowest BCUT2D eigenvalue weighted by Crippen LogP contribution is -2.40. The highest BCUT2D eigenvalue weighted by molar-refractivity contribution is 6.33. The van der Waals surface area contributed by atoms with Crippen LogP contribution in [0.1, 0.15) is 30.6 Å². The van der Waals surface area contributed by atoms with Gasteiger partial charge in [-0.05, 0) is 32.0 Å². The number of carbonyl (C=O) groups is 2. The van der Waals surface area contributed by atoms with Crippen LogP contribution in [0.4, 0.5) is 10.5 Å². The number of amides is 2. The summed E-state index contributed by atoms with van der Waals surface area (Å²) in [5.41, 5.74) is 0.256. The lowest BCUT2D eigenvalue weighted by Gasteiger charge is -2.26. The van der Waals surface area contributed by atoms with Crippen molar-refractivity contribution in [3.63, 3.8) is 0 Å². The van der Waals surface area contributed by atoms with Crippen LogP contribution in [0.3, 0.4) is 0 Å². The zero-order valence-corrected chi connectivity index (χ0v) is 12.5. The monoisotopic (exact) mass is 309 g/mol. The normalized spacial score (nSPS) is 10.0. The fourth-order valence-corrected chi connectivity index (χ4v) is 1.87. The van der Waals surface area contributed by atoms with Gasteiger partial charge in [0.05, 0.1) is 28.8 Å². The Labute approximate surface area is 127 Å². The molecule has 7 heteroatoms. The highest BCUT2D eigenvalue weighted by Crippen LogP contribution is 2.23. The second kappa shape index (κ2) is 7.50. The Kier molecular flexibility index (Phi) is 6.00. The first-order valence-corrected chi connectivity index (χ1v) is 6.72. The van der Waals surface area contributed by atoms with Gasteiger partial charge < -0.3 is 15.3 Å². The molecule has 0 bridgehead atoms. The van der Waals surface area contributed by atoms with E-state index in [2.05, 4.69) is 5.32 Å². The molecule has 6 nitrogen and oxygen atoms in total. The Morgan fingerprint density at radius 1 is 1.48 bits per heavy atom. The zero-order valence-electron chi connectivity index (χ0n) is 11.8. The first kappa shape index (κ1) is 16.8. The molecule has 0 heterocycles. The molecule has 21 heavy (non-hydrogen) atoms. The Balaban J connectivity index is 2.93. The predicted octanol–water partition coefficient (Wildman–Crippen LogP) is 3.19. The number of rotatable bonds is 5. The number of nitrogens with one attached hydrogen (secondary N) is 1. The Bertz CT molecular complexity index is 581. The van der Waals surface area contributed by atoms with Gasteiger partial charge in [-0.1, -0.05) is 11.6 Å². The third-order valence-corrected chi connectivity index (χ3v) is 3.13. The third-order valence-electron chi connectivity index (χ3n) is 2.80. The molecule has 0 fully saturated rings. The van der Waals surface area contributed by atoms with Gasteiger partial charge in [0.15, 0.2) is 0 Å². The minimum absolute atomic E-state index is 0.0304.